The molecule has 2 N–H and O–H groups in total. The SMILES string of the molecule is CN=C(NCCN(CC1CC1)C1CC1)NCc1ccccc1C. The molecule has 4 nitrogen and oxygen atoms in total. The van der Waals surface area contributed by atoms with Crippen molar-refractivity contribution in [1.82, 2.24) is 15.5 Å². The van der Waals surface area contributed by atoms with Gasteiger partial charge in [-0.05, 0) is 49.7 Å². The molecule has 0 amide bonds. The molecule has 0 atom stereocenters. The van der Waals surface area contributed by atoms with Gasteiger partial charge in [-0.3, -0.25) is 9.89 Å². The van der Waals surface area contributed by atoms with E-state index in [2.05, 4.69) is 51.7 Å². The zero-order chi connectivity index (χ0) is 16.1. The first-order chi connectivity index (χ1) is 11.3. The minimum atomic E-state index is 0.820. The van der Waals surface area contributed by atoms with Crippen molar-refractivity contribution in [1.29, 1.82) is 0 Å². The molecule has 2 fully saturated rings. The summed E-state index contributed by atoms with van der Waals surface area (Å²) in [4.78, 5) is 7.02. The largest absolute Gasteiger partial charge is 0.355 e. The highest BCUT2D eigenvalue weighted by Gasteiger charge is 2.33. The first kappa shape index (κ1) is 16.3. The van der Waals surface area contributed by atoms with E-state index in [1.807, 2.05) is 7.05 Å². The molecule has 1 aromatic rings. The molecule has 2 saturated carbocycles. The van der Waals surface area contributed by atoms with Gasteiger partial charge in [0.05, 0.1) is 0 Å². The van der Waals surface area contributed by atoms with Crippen LogP contribution < -0.4 is 10.6 Å². The molecule has 0 heterocycles. The number of guanidine groups is 1. The third kappa shape index (κ3) is 5.24. The predicted molar refractivity (Wildman–Crippen MR) is 96.7 cm³/mol. The average Bonchev–Trinajstić information content (AvgIpc) is 3.44. The van der Waals surface area contributed by atoms with E-state index in [1.165, 1.54) is 43.4 Å². The van der Waals surface area contributed by atoms with E-state index in [0.29, 0.717) is 0 Å². The van der Waals surface area contributed by atoms with Gasteiger partial charge in [-0.25, -0.2) is 0 Å². The Kier molecular flexibility index (Phi) is 5.55. The van der Waals surface area contributed by atoms with Gasteiger partial charge in [-0.1, -0.05) is 24.3 Å². The Hall–Kier alpha value is -1.55. The summed E-state index contributed by atoms with van der Waals surface area (Å²) in [6.45, 7) is 6.38. The smallest absolute Gasteiger partial charge is 0.191 e. The van der Waals surface area contributed by atoms with E-state index in [9.17, 15) is 0 Å². The molecule has 2 aliphatic carbocycles. The van der Waals surface area contributed by atoms with Crippen LogP contribution >= 0.6 is 0 Å². The zero-order valence-electron chi connectivity index (χ0n) is 14.5. The summed E-state index contributed by atoms with van der Waals surface area (Å²) in [5, 5.41) is 6.88. The first-order valence-electron chi connectivity index (χ1n) is 8.99. The van der Waals surface area contributed by atoms with Crippen molar-refractivity contribution in [2.45, 2.75) is 45.2 Å². The van der Waals surface area contributed by atoms with Crippen molar-refractivity contribution >= 4 is 5.96 Å². The predicted octanol–water partition coefficient (Wildman–Crippen LogP) is 2.53. The lowest BCUT2D eigenvalue weighted by Gasteiger charge is -2.22. The van der Waals surface area contributed by atoms with Crippen LogP contribution in [0.4, 0.5) is 0 Å². The number of nitrogens with zero attached hydrogens (tertiary/aromatic N) is 2. The summed E-state index contributed by atoms with van der Waals surface area (Å²) in [5.74, 6) is 1.88. The second-order valence-corrected chi connectivity index (χ2v) is 6.95. The number of aliphatic imine (C=N–C) groups is 1. The van der Waals surface area contributed by atoms with Crippen molar-refractivity contribution in [3.05, 3.63) is 35.4 Å². The normalized spacial score (nSPS) is 18.3. The first-order valence-corrected chi connectivity index (χ1v) is 8.99. The van der Waals surface area contributed by atoms with Crippen LogP contribution in [0.5, 0.6) is 0 Å². The molecule has 0 bridgehead atoms. The molecule has 0 saturated heterocycles. The van der Waals surface area contributed by atoms with E-state index < -0.39 is 0 Å². The Balaban J connectivity index is 1.39. The third-order valence-corrected chi connectivity index (χ3v) is 4.88. The van der Waals surface area contributed by atoms with Gasteiger partial charge in [0.2, 0.25) is 0 Å². The fourth-order valence-electron chi connectivity index (χ4n) is 3.02. The fraction of sp³-hybridized carbons (Fsp3) is 0.632. The van der Waals surface area contributed by atoms with Crippen LogP contribution in [0.25, 0.3) is 0 Å². The summed E-state index contributed by atoms with van der Waals surface area (Å²) >= 11 is 0. The molecule has 1 aromatic carbocycles. The van der Waals surface area contributed by atoms with E-state index in [-0.39, 0.29) is 0 Å². The molecule has 0 radical (unpaired) electrons. The second kappa shape index (κ2) is 7.82. The summed E-state index contributed by atoms with van der Waals surface area (Å²) in [6.07, 6.45) is 5.67. The van der Waals surface area contributed by atoms with Crippen LogP contribution in [-0.4, -0.2) is 43.6 Å². The van der Waals surface area contributed by atoms with Crippen molar-refractivity contribution in [2.75, 3.05) is 26.7 Å². The summed E-state index contributed by atoms with van der Waals surface area (Å²) in [7, 11) is 1.84. The fourth-order valence-corrected chi connectivity index (χ4v) is 3.02. The standard InChI is InChI=1S/C19H30N4/c1-15-5-3-4-6-17(15)13-22-19(20-2)21-11-12-23(18-9-10-18)14-16-7-8-16/h3-6,16,18H,7-14H2,1-2H3,(H2,20,21,22). The van der Waals surface area contributed by atoms with Crippen molar-refractivity contribution in [3.63, 3.8) is 0 Å². The molecular weight excluding hydrogens is 284 g/mol. The van der Waals surface area contributed by atoms with Crippen LogP contribution in [0.1, 0.15) is 36.8 Å². The quantitative estimate of drug-likeness (QED) is 0.572. The number of hydrogen-bond donors (Lipinski definition) is 2. The highest BCUT2D eigenvalue weighted by molar-refractivity contribution is 5.79. The van der Waals surface area contributed by atoms with Gasteiger partial charge in [-0.2, -0.15) is 0 Å². The van der Waals surface area contributed by atoms with E-state index in [4.69, 9.17) is 0 Å². The average molecular weight is 314 g/mol. The number of hydrogen-bond acceptors (Lipinski definition) is 2. The topological polar surface area (TPSA) is 39.7 Å². The van der Waals surface area contributed by atoms with Crippen LogP contribution in [0.3, 0.4) is 0 Å². The van der Waals surface area contributed by atoms with Crippen molar-refractivity contribution in [3.8, 4) is 0 Å². The molecule has 2 aliphatic rings. The molecule has 3 rings (SSSR count). The minimum Gasteiger partial charge on any atom is -0.355 e. The highest BCUT2D eigenvalue weighted by Crippen LogP contribution is 2.34. The second-order valence-electron chi connectivity index (χ2n) is 6.95. The number of benzene rings is 1. The number of rotatable bonds is 8. The van der Waals surface area contributed by atoms with E-state index in [1.54, 1.807) is 0 Å². The van der Waals surface area contributed by atoms with Gasteiger partial charge in [-0.15, -0.1) is 0 Å². The van der Waals surface area contributed by atoms with Gasteiger partial charge in [0.1, 0.15) is 0 Å². The maximum absolute atomic E-state index is 4.34. The van der Waals surface area contributed by atoms with Gasteiger partial charge in [0, 0.05) is 39.3 Å². The Morgan fingerprint density at radius 2 is 1.96 bits per heavy atom. The van der Waals surface area contributed by atoms with Crippen molar-refractivity contribution < 1.29 is 0 Å². The maximum Gasteiger partial charge on any atom is 0.191 e. The van der Waals surface area contributed by atoms with Gasteiger partial charge in [0.15, 0.2) is 5.96 Å². The van der Waals surface area contributed by atoms with Gasteiger partial charge in [0.25, 0.3) is 0 Å². The lowest BCUT2D eigenvalue weighted by molar-refractivity contribution is 0.256. The van der Waals surface area contributed by atoms with Crippen LogP contribution in [-0.2, 0) is 6.54 Å². The van der Waals surface area contributed by atoms with Crippen LogP contribution in [0.15, 0.2) is 29.3 Å². The van der Waals surface area contributed by atoms with Crippen molar-refractivity contribution in [2.24, 2.45) is 10.9 Å². The van der Waals surface area contributed by atoms with E-state index >= 15 is 0 Å². The van der Waals surface area contributed by atoms with Crippen LogP contribution in [0, 0.1) is 12.8 Å². The zero-order valence-corrected chi connectivity index (χ0v) is 14.5. The molecule has 0 aliphatic heterocycles. The summed E-state index contributed by atoms with van der Waals surface area (Å²) in [6, 6.07) is 9.35. The monoisotopic (exact) mass is 314 g/mol. The Morgan fingerprint density at radius 3 is 2.61 bits per heavy atom. The lowest BCUT2D eigenvalue weighted by Crippen LogP contribution is -2.42. The highest BCUT2D eigenvalue weighted by atomic mass is 15.2. The molecule has 23 heavy (non-hydrogen) atoms. The molecule has 4 heteroatoms. The third-order valence-electron chi connectivity index (χ3n) is 4.88. The molecule has 0 spiro atoms. The summed E-state index contributed by atoms with van der Waals surface area (Å²) < 4.78 is 0. The molecule has 0 unspecified atom stereocenters. The minimum absolute atomic E-state index is 0.820. The molecular formula is C19H30N4. The maximum atomic E-state index is 4.34. The molecule has 126 valence electrons. The van der Waals surface area contributed by atoms with Gasteiger partial charge < -0.3 is 10.6 Å². The van der Waals surface area contributed by atoms with Gasteiger partial charge >= 0.3 is 0 Å². The number of aryl methyl sites for hydroxylation is 1. The van der Waals surface area contributed by atoms with Crippen LogP contribution in [0.2, 0.25) is 0 Å². The Bertz CT molecular complexity index is 532. The molecule has 0 aromatic heterocycles. The van der Waals surface area contributed by atoms with E-state index in [0.717, 1.165) is 37.6 Å². The Morgan fingerprint density at radius 1 is 1.17 bits per heavy atom. The summed E-state index contributed by atoms with van der Waals surface area (Å²) in [5.41, 5.74) is 2.64. The number of nitrogens with one attached hydrogen (secondary N) is 2. The Labute approximate surface area is 140 Å². The lowest BCUT2D eigenvalue weighted by atomic mass is 10.1.